The number of nitrogens with zero attached hydrogens (tertiary/aromatic N) is 1. The smallest absolute Gasteiger partial charge is 0.421 e. The van der Waals surface area contributed by atoms with Crippen molar-refractivity contribution in [2.45, 2.75) is 65.4 Å². The molecule has 0 aliphatic heterocycles. The molecule has 1 fully saturated rings. The van der Waals surface area contributed by atoms with E-state index in [4.69, 9.17) is 4.74 Å². The van der Waals surface area contributed by atoms with Crippen LogP contribution in [0.25, 0.3) is 0 Å². The summed E-state index contributed by atoms with van der Waals surface area (Å²) in [5.74, 6) is -2.38. The summed E-state index contributed by atoms with van der Waals surface area (Å²) in [5.41, 5.74) is 1.47. The predicted molar refractivity (Wildman–Crippen MR) is 108 cm³/mol. The zero-order chi connectivity index (χ0) is 21.8. The number of hydrogen-bond acceptors (Lipinski definition) is 3. The molecule has 4 nitrogen and oxygen atoms in total. The molecule has 0 unspecified atom stereocenters. The number of benzene rings is 1. The summed E-state index contributed by atoms with van der Waals surface area (Å²) < 4.78 is 32.2. The van der Waals surface area contributed by atoms with Crippen molar-refractivity contribution in [3.63, 3.8) is 0 Å². The van der Waals surface area contributed by atoms with E-state index < -0.39 is 17.6 Å². The third-order valence-electron chi connectivity index (χ3n) is 4.61. The van der Waals surface area contributed by atoms with Crippen LogP contribution in [0, 0.1) is 5.92 Å². The molecule has 0 atom stereocenters. The lowest BCUT2D eigenvalue weighted by Gasteiger charge is -2.25. The summed E-state index contributed by atoms with van der Waals surface area (Å²) in [7, 11) is 0. The molecule has 0 aromatic heterocycles. The molecule has 2 amide bonds. The van der Waals surface area contributed by atoms with Gasteiger partial charge in [-0.3, -0.25) is 4.79 Å². The number of amides is 2. The normalized spacial score (nSPS) is 15.8. The van der Waals surface area contributed by atoms with Crippen molar-refractivity contribution in [1.29, 1.82) is 0 Å². The fraction of sp³-hybridized carbons (Fsp3) is 0.478. The van der Waals surface area contributed by atoms with E-state index in [0.717, 1.165) is 24.7 Å². The van der Waals surface area contributed by atoms with Gasteiger partial charge in [0.1, 0.15) is 5.60 Å². The first-order valence-electron chi connectivity index (χ1n) is 9.73. The van der Waals surface area contributed by atoms with Crippen LogP contribution < -0.4 is 0 Å². The third-order valence-corrected chi connectivity index (χ3v) is 4.61. The van der Waals surface area contributed by atoms with Crippen LogP contribution in [-0.2, 0) is 21.9 Å². The number of imide groups is 1. The monoisotopic (exact) mass is 405 g/mol. The van der Waals surface area contributed by atoms with Gasteiger partial charge in [0.2, 0.25) is 6.41 Å². The molecule has 158 valence electrons. The SMILES string of the molecule is C/C(=C\C=C(\Cc1ccc(C(C)(F)F)cc1)N(C=O)C(=O)OC(C)(C)C)C1CC1. The maximum Gasteiger partial charge on any atom is 0.421 e. The molecule has 0 spiro atoms. The Hall–Kier alpha value is -2.50. The van der Waals surface area contributed by atoms with Gasteiger partial charge in [0.25, 0.3) is 5.92 Å². The number of alkyl halides is 2. The molecule has 0 heterocycles. The average Bonchev–Trinajstić information content (AvgIpc) is 3.43. The van der Waals surface area contributed by atoms with Crippen LogP contribution in [0.3, 0.4) is 0 Å². The molecular formula is C23H29F2NO3. The molecule has 29 heavy (non-hydrogen) atoms. The maximum absolute atomic E-state index is 13.5. The van der Waals surface area contributed by atoms with Gasteiger partial charge < -0.3 is 4.74 Å². The number of carbonyl (C=O) groups is 2. The summed E-state index contributed by atoms with van der Waals surface area (Å²) >= 11 is 0. The summed E-state index contributed by atoms with van der Waals surface area (Å²) in [5, 5.41) is 0. The van der Waals surface area contributed by atoms with Gasteiger partial charge in [-0.15, -0.1) is 0 Å². The quantitative estimate of drug-likeness (QED) is 0.414. The van der Waals surface area contributed by atoms with Crippen LogP contribution in [0.4, 0.5) is 13.6 Å². The van der Waals surface area contributed by atoms with Gasteiger partial charge >= 0.3 is 6.09 Å². The summed E-state index contributed by atoms with van der Waals surface area (Å²) in [6.07, 6.45) is 5.80. The lowest BCUT2D eigenvalue weighted by Crippen LogP contribution is -2.36. The minimum atomic E-state index is -2.92. The molecule has 0 N–H and O–H groups in total. The minimum absolute atomic E-state index is 0.0874. The first-order valence-corrected chi connectivity index (χ1v) is 9.73. The number of allylic oxidation sites excluding steroid dienone is 4. The van der Waals surface area contributed by atoms with Gasteiger partial charge in [0.05, 0.1) is 0 Å². The molecule has 6 heteroatoms. The lowest BCUT2D eigenvalue weighted by atomic mass is 10.0. The van der Waals surface area contributed by atoms with Gasteiger partial charge in [-0.1, -0.05) is 35.9 Å². The molecule has 1 saturated carbocycles. The van der Waals surface area contributed by atoms with E-state index >= 15 is 0 Å². The molecule has 1 aromatic rings. The Bertz CT molecular complexity index is 795. The maximum atomic E-state index is 13.5. The number of halogens is 2. The van der Waals surface area contributed by atoms with E-state index in [1.165, 1.54) is 17.7 Å². The standard InChI is InChI=1S/C23H29F2NO3/c1-16(18-9-10-18)6-13-20(26(15-27)21(28)29-22(2,3)4)14-17-7-11-19(12-8-17)23(5,24)25/h6-8,11-13,15,18H,9-10,14H2,1-5H3/b16-6+,20-13-. The Morgan fingerprint density at radius 2 is 1.72 bits per heavy atom. The van der Waals surface area contributed by atoms with E-state index in [2.05, 4.69) is 0 Å². The summed E-state index contributed by atoms with van der Waals surface area (Å²) in [6, 6.07) is 5.88. The van der Waals surface area contributed by atoms with Gasteiger partial charge in [-0.05, 0) is 58.1 Å². The fourth-order valence-electron chi connectivity index (χ4n) is 2.79. The Morgan fingerprint density at radius 1 is 1.14 bits per heavy atom. The molecular weight excluding hydrogens is 376 g/mol. The van der Waals surface area contributed by atoms with E-state index in [9.17, 15) is 18.4 Å². The van der Waals surface area contributed by atoms with E-state index in [1.54, 1.807) is 39.0 Å². The highest BCUT2D eigenvalue weighted by molar-refractivity contribution is 5.83. The van der Waals surface area contributed by atoms with Crippen LogP contribution in [0.15, 0.2) is 47.7 Å². The summed E-state index contributed by atoms with van der Waals surface area (Å²) in [6.45, 7) is 8.02. The number of hydrogen-bond donors (Lipinski definition) is 0. The van der Waals surface area contributed by atoms with Gasteiger partial charge in [-0.25, -0.2) is 18.5 Å². The van der Waals surface area contributed by atoms with Crippen molar-refractivity contribution in [3.8, 4) is 0 Å². The van der Waals surface area contributed by atoms with E-state index in [1.807, 2.05) is 13.0 Å². The first-order chi connectivity index (χ1) is 13.4. The van der Waals surface area contributed by atoms with E-state index in [0.29, 0.717) is 23.6 Å². The van der Waals surface area contributed by atoms with Gasteiger partial charge in [0.15, 0.2) is 0 Å². The van der Waals surface area contributed by atoms with Gasteiger partial charge in [0, 0.05) is 24.6 Å². The molecule has 2 rings (SSSR count). The van der Waals surface area contributed by atoms with Crippen molar-refractivity contribution in [2.24, 2.45) is 5.92 Å². The van der Waals surface area contributed by atoms with Crippen LogP contribution in [0.5, 0.6) is 0 Å². The third kappa shape index (κ3) is 7.11. The zero-order valence-electron chi connectivity index (χ0n) is 17.7. The second kappa shape index (κ2) is 8.89. The van der Waals surface area contributed by atoms with Crippen LogP contribution in [0.1, 0.15) is 58.6 Å². The largest absolute Gasteiger partial charge is 0.443 e. The van der Waals surface area contributed by atoms with Crippen molar-refractivity contribution in [3.05, 3.63) is 58.8 Å². The number of rotatable bonds is 7. The minimum Gasteiger partial charge on any atom is -0.443 e. The molecule has 0 radical (unpaired) electrons. The van der Waals surface area contributed by atoms with E-state index in [-0.39, 0.29) is 12.0 Å². The van der Waals surface area contributed by atoms with Crippen LogP contribution in [-0.4, -0.2) is 23.0 Å². The Kier molecular flexibility index (Phi) is 6.98. The highest BCUT2D eigenvalue weighted by Gasteiger charge is 2.27. The van der Waals surface area contributed by atoms with Crippen molar-refractivity contribution < 1.29 is 23.1 Å². The highest BCUT2D eigenvalue weighted by Crippen LogP contribution is 2.36. The zero-order valence-corrected chi connectivity index (χ0v) is 17.7. The predicted octanol–water partition coefficient (Wildman–Crippen LogP) is 5.97. The Labute approximate surface area is 171 Å². The molecule has 1 aliphatic rings. The number of carbonyl (C=O) groups excluding carboxylic acids is 2. The van der Waals surface area contributed by atoms with Crippen LogP contribution >= 0.6 is 0 Å². The highest BCUT2D eigenvalue weighted by atomic mass is 19.3. The van der Waals surface area contributed by atoms with Crippen LogP contribution in [0.2, 0.25) is 0 Å². The molecule has 1 aliphatic carbocycles. The Balaban J connectivity index is 2.31. The molecule has 0 saturated heterocycles. The van der Waals surface area contributed by atoms with Crippen molar-refractivity contribution in [2.75, 3.05) is 0 Å². The second-order valence-electron chi connectivity index (χ2n) is 8.56. The molecule has 1 aromatic carbocycles. The summed E-state index contributed by atoms with van der Waals surface area (Å²) in [4.78, 5) is 25.1. The van der Waals surface area contributed by atoms with Crippen molar-refractivity contribution >= 4 is 12.5 Å². The average molecular weight is 405 g/mol. The lowest BCUT2D eigenvalue weighted by molar-refractivity contribution is -0.116. The second-order valence-corrected chi connectivity index (χ2v) is 8.56. The topological polar surface area (TPSA) is 46.6 Å². The fourth-order valence-corrected chi connectivity index (χ4v) is 2.79. The number of ether oxygens (including phenoxy) is 1. The van der Waals surface area contributed by atoms with Gasteiger partial charge in [-0.2, -0.15) is 0 Å². The molecule has 0 bridgehead atoms. The van der Waals surface area contributed by atoms with Crippen molar-refractivity contribution in [1.82, 2.24) is 4.90 Å². The first kappa shape index (κ1) is 22.8. The Morgan fingerprint density at radius 3 is 2.17 bits per heavy atom.